The first-order valence-corrected chi connectivity index (χ1v) is 8.00. The Morgan fingerprint density at radius 1 is 0.870 bits per heavy atom. The first-order valence-electron chi connectivity index (χ1n) is 8.00. The summed E-state index contributed by atoms with van der Waals surface area (Å²) in [5.41, 5.74) is 8.56. The predicted octanol–water partition coefficient (Wildman–Crippen LogP) is 5.39. The number of benzene rings is 1. The van der Waals surface area contributed by atoms with E-state index in [2.05, 4.69) is 80.9 Å². The normalized spacial score (nSPS) is 11.5. The maximum Gasteiger partial charge on any atom is 0.0737 e. The summed E-state index contributed by atoms with van der Waals surface area (Å²) in [7, 11) is 0. The van der Waals surface area contributed by atoms with Gasteiger partial charge in [-0.2, -0.15) is 0 Å². The average molecular weight is 300 g/mol. The summed E-state index contributed by atoms with van der Waals surface area (Å²) < 4.78 is 2.18. The van der Waals surface area contributed by atoms with Crippen molar-refractivity contribution in [3.8, 4) is 11.3 Å². The minimum Gasteiger partial charge on any atom is -0.323 e. The minimum atomic E-state index is 1.10. The van der Waals surface area contributed by atoms with Crippen molar-refractivity contribution in [1.82, 2.24) is 9.38 Å². The van der Waals surface area contributed by atoms with Crippen LogP contribution < -0.4 is 0 Å². The van der Waals surface area contributed by atoms with Gasteiger partial charge in [0.25, 0.3) is 0 Å². The van der Waals surface area contributed by atoms with Gasteiger partial charge in [-0.15, -0.1) is 0 Å². The summed E-state index contributed by atoms with van der Waals surface area (Å²) in [6.07, 6.45) is 4.29. The molecule has 0 N–H and O–H groups in total. The average Bonchev–Trinajstić information content (AvgIpc) is 2.94. The Kier molecular flexibility index (Phi) is 3.02. The number of rotatable bonds is 1. The van der Waals surface area contributed by atoms with Crippen LogP contribution in [0.1, 0.15) is 22.4 Å². The largest absolute Gasteiger partial charge is 0.323 e. The second-order valence-electron chi connectivity index (χ2n) is 6.35. The number of aryl methyl sites for hydroxylation is 1. The molecule has 0 spiro atoms. The zero-order valence-corrected chi connectivity index (χ0v) is 14.0. The third kappa shape index (κ3) is 2.06. The fraction of sp³-hybridized carbons (Fsp3) is 0.190. The Balaban J connectivity index is 1.98. The van der Waals surface area contributed by atoms with Crippen LogP contribution in [0.4, 0.5) is 0 Å². The van der Waals surface area contributed by atoms with Gasteiger partial charge in [-0.1, -0.05) is 18.2 Å². The van der Waals surface area contributed by atoms with Crippen LogP contribution in [0.15, 0.2) is 48.8 Å². The Labute approximate surface area is 136 Å². The molecule has 23 heavy (non-hydrogen) atoms. The summed E-state index contributed by atoms with van der Waals surface area (Å²) in [6, 6.07) is 13.0. The van der Waals surface area contributed by atoms with E-state index in [1.54, 1.807) is 0 Å². The molecule has 0 aliphatic carbocycles. The van der Waals surface area contributed by atoms with Gasteiger partial charge in [0.2, 0.25) is 0 Å². The molecule has 0 atom stereocenters. The van der Waals surface area contributed by atoms with Gasteiger partial charge in [0.1, 0.15) is 0 Å². The molecule has 0 saturated heterocycles. The first kappa shape index (κ1) is 14.0. The number of aromatic nitrogens is 2. The molecule has 3 aromatic heterocycles. The highest BCUT2D eigenvalue weighted by Crippen LogP contribution is 2.31. The van der Waals surface area contributed by atoms with Gasteiger partial charge in [0, 0.05) is 34.4 Å². The Hall–Kier alpha value is -2.61. The summed E-state index contributed by atoms with van der Waals surface area (Å²) in [4.78, 5) is 4.86. The van der Waals surface area contributed by atoms with Crippen molar-refractivity contribution in [3.05, 3.63) is 71.2 Å². The molecule has 2 nitrogen and oxygen atoms in total. The first-order chi connectivity index (χ1) is 11.1. The second-order valence-corrected chi connectivity index (χ2v) is 6.35. The number of nitrogens with zero attached hydrogens (tertiary/aromatic N) is 2. The lowest BCUT2D eigenvalue weighted by Gasteiger charge is -2.13. The molecule has 4 rings (SSSR count). The molecule has 1 aromatic carbocycles. The van der Waals surface area contributed by atoms with E-state index in [9.17, 15) is 0 Å². The van der Waals surface area contributed by atoms with Crippen LogP contribution in [0.25, 0.3) is 27.5 Å². The fourth-order valence-corrected chi connectivity index (χ4v) is 3.34. The van der Waals surface area contributed by atoms with Crippen molar-refractivity contribution in [2.24, 2.45) is 0 Å². The van der Waals surface area contributed by atoms with Crippen molar-refractivity contribution in [3.63, 3.8) is 0 Å². The van der Waals surface area contributed by atoms with Crippen LogP contribution in [-0.2, 0) is 0 Å². The van der Waals surface area contributed by atoms with Crippen molar-refractivity contribution < 1.29 is 0 Å². The van der Waals surface area contributed by atoms with Crippen LogP contribution in [-0.4, -0.2) is 9.38 Å². The minimum absolute atomic E-state index is 1.10. The zero-order valence-electron chi connectivity index (χ0n) is 14.0. The van der Waals surface area contributed by atoms with E-state index in [0.717, 1.165) is 11.4 Å². The SMILES string of the molecule is Cc1nc(-c2ccc3c(c2)cn2ccccc32)c(C)c(C)c1C. The van der Waals surface area contributed by atoms with Crippen molar-refractivity contribution in [2.75, 3.05) is 0 Å². The van der Waals surface area contributed by atoms with Crippen molar-refractivity contribution >= 4 is 16.3 Å². The van der Waals surface area contributed by atoms with Crippen LogP contribution in [0.2, 0.25) is 0 Å². The molecule has 0 radical (unpaired) electrons. The highest BCUT2D eigenvalue weighted by atomic mass is 14.9. The van der Waals surface area contributed by atoms with Gasteiger partial charge in [0.05, 0.1) is 11.2 Å². The quantitative estimate of drug-likeness (QED) is 0.461. The summed E-state index contributed by atoms with van der Waals surface area (Å²) in [5.74, 6) is 0. The summed E-state index contributed by atoms with van der Waals surface area (Å²) in [6.45, 7) is 8.60. The van der Waals surface area contributed by atoms with E-state index in [4.69, 9.17) is 4.98 Å². The van der Waals surface area contributed by atoms with Crippen LogP contribution in [0, 0.1) is 27.7 Å². The third-order valence-corrected chi connectivity index (χ3v) is 5.07. The Morgan fingerprint density at radius 3 is 2.52 bits per heavy atom. The van der Waals surface area contributed by atoms with Crippen molar-refractivity contribution in [1.29, 1.82) is 0 Å². The highest BCUT2D eigenvalue weighted by Gasteiger charge is 2.12. The smallest absolute Gasteiger partial charge is 0.0737 e. The molecule has 0 aliphatic rings. The van der Waals surface area contributed by atoms with Gasteiger partial charge in [-0.25, -0.2) is 0 Å². The van der Waals surface area contributed by atoms with Crippen molar-refractivity contribution in [2.45, 2.75) is 27.7 Å². The van der Waals surface area contributed by atoms with Crippen LogP contribution in [0.3, 0.4) is 0 Å². The lowest BCUT2D eigenvalue weighted by molar-refractivity contribution is 1.09. The maximum atomic E-state index is 4.86. The topological polar surface area (TPSA) is 17.3 Å². The van der Waals surface area contributed by atoms with E-state index in [1.807, 2.05) is 0 Å². The Morgan fingerprint density at radius 2 is 1.70 bits per heavy atom. The zero-order chi connectivity index (χ0) is 16.1. The maximum absolute atomic E-state index is 4.86. The molecule has 0 unspecified atom stereocenters. The lowest BCUT2D eigenvalue weighted by Crippen LogP contribution is -1.99. The van der Waals surface area contributed by atoms with Crippen LogP contribution >= 0.6 is 0 Å². The summed E-state index contributed by atoms with van der Waals surface area (Å²) >= 11 is 0. The van der Waals surface area contributed by atoms with Gasteiger partial charge < -0.3 is 4.40 Å². The van der Waals surface area contributed by atoms with E-state index < -0.39 is 0 Å². The molecule has 114 valence electrons. The fourth-order valence-electron chi connectivity index (χ4n) is 3.34. The van der Waals surface area contributed by atoms with Gasteiger partial charge in [-0.3, -0.25) is 4.98 Å². The second kappa shape index (κ2) is 4.95. The summed E-state index contributed by atoms with van der Waals surface area (Å²) in [5, 5.41) is 2.54. The van der Waals surface area contributed by atoms with E-state index >= 15 is 0 Å². The molecule has 0 aliphatic heterocycles. The molecular weight excluding hydrogens is 280 g/mol. The molecular formula is C21H20N2. The number of hydrogen-bond donors (Lipinski definition) is 0. The van der Waals surface area contributed by atoms with E-state index in [1.165, 1.54) is 38.5 Å². The van der Waals surface area contributed by atoms with Gasteiger partial charge >= 0.3 is 0 Å². The molecule has 0 saturated carbocycles. The van der Waals surface area contributed by atoms with E-state index in [-0.39, 0.29) is 0 Å². The molecule has 3 heterocycles. The number of hydrogen-bond acceptors (Lipinski definition) is 1. The lowest BCUT2D eigenvalue weighted by atomic mass is 9.97. The van der Waals surface area contributed by atoms with Gasteiger partial charge in [0.15, 0.2) is 0 Å². The Bertz CT molecular complexity index is 1050. The molecule has 0 bridgehead atoms. The van der Waals surface area contributed by atoms with Gasteiger partial charge in [-0.05, 0) is 62.6 Å². The van der Waals surface area contributed by atoms with E-state index in [0.29, 0.717) is 0 Å². The molecule has 0 fully saturated rings. The molecule has 0 amide bonds. The standard InChI is InChI=1S/C21H20N2/c1-13-14(2)16(4)22-21(15(13)3)17-8-9-19-18(11-17)12-23-10-6-5-7-20(19)23/h5-12H,1-4H3. The number of fused-ring (bicyclic) bond motifs is 3. The monoisotopic (exact) mass is 300 g/mol. The highest BCUT2D eigenvalue weighted by molar-refractivity contribution is 5.99. The molecule has 4 aromatic rings. The van der Waals surface area contributed by atoms with Crippen LogP contribution in [0.5, 0.6) is 0 Å². The third-order valence-electron chi connectivity index (χ3n) is 5.07. The molecule has 2 heteroatoms. The predicted molar refractivity (Wildman–Crippen MR) is 97.1 cm³/mol. The number of pyridine rings is 2.